The van der Waals surface area contributed by atoms with Gasteiger partial charge >= 0.3 is 12.1 Å². The van der Waals surface area contributed by atoms with Gasteiger partial charge in [-0.05, 0) is 72.6 Å². The molecule has 2 rings (SSSR count). The van der Waals surface area contributed by atoms with Gasteiger partial charge in [0.15, 0.2) is 0 Å². The summed E-state index contributed by atoms with van der Waals surface area (Å²) in [6.45, 7) is 12.8. The van der Waals surface area contributed by atoms with E-state index in [4.69, 9.17) is 9.47 Å². The lowest BCUT2D eigenvalue weighted by atomic mass is 9.57. The molecule has 1 saturated carbocycles. The second kappa shape index (κ2) is 5.99. The van der Waals surface area contributed by atoms with Crippen LogP contribution in [0.4, 0.5) is 4.79 Å². The maximum Gasteiger partial charge on any atom is 0.410 e. The summed E-state index contributed by atoms with van der Waals surface area (Å²) in [5, 5.41) is 0. The maximum atomic E-state index is 12.1. The molecule has 5 nitrogen and oxygen atoms in total. The number of hydrogen-bond acceptors (Lipinski definition) is 4. The van der Waals surface area contributed by atoms with E-state index in [0.29, 0.717) is 0 Å². The van der Waals surface area contributed by atoms with Crippen LogP contribution in [-0.4, -0.2) is 41.3 Å². The van der Waals surface area contributed by atoms with Crippen molar-refractivity contribution < 1.29 is 19.1 Å². The summed E-state index contributed by atoms with van der Waals surface area (Å²) in [5.41, 5.74) is -0.648. The second-order valence-electron chi connectivity index (χ2n) is 9.11. The number of nitrogens with zero attached hydrogens (tertiary/aromatic N) is 1. The van der Waals surface area contributed by atoms with E-state index in [9.17, 15) is 9.59 Å². The molecule has 0 radical (unpaired) electrons. The Morgan fingerprint density at radius 1 is 0.913 bits per heavy atom. The number of carbonyl (C=O) groups is 2. The fraction of sp³-hybridized carbons (Fsp3) is 0.889. The summed E-state index contributed by atoms with van der Waals surface area (Å²) < 4.78 is 10.9. The topological polar surface area (TPSA) is 55.8 Å². The molecule has 5 heteroatoms. The highest BCUT2D eigenvalue weighted by Gasteiger charge is 2.50. The molecule has 1 spiro atoms. The molecule has 0 aromatic carbocycles. The predicted octanol–water partition coefficient (Wildman–Crippen LogP) is 3.76. The van der Waals surface area contributed by atoms with Crippen molar-refractivity contribution in [3.63, 3.8) is 0 Å². The van der Waals surface area contributed by atoms with Crippen LogP contribution in [0.25, 0.3) is 0 Å². The van der Waals surface area contributed by atoms with Gasteiger partial charge < -0.3 is 14.4 Å². The Kier molecular flexibility index (Phi) is 4.71. The number of esters is 1. The SMILES string of the molecule is CC(C)(C)OC(=O)C1CC2(CCN(C(=O)OC(C)(C)C)CC2)C1. The quantitative estimate of drug-likeness (QED) is 0.689. The molecule has 1 aliphatic carbocycles. The molecule has 1 heterocycles. The number of rotatable bonds is 1. The zero-order valence-corrected chi connectivity index (χ0v) is 15.4. The van der Waals surface area contributed by atoms with E-state index < -0.39 is 11.2 Å². The molecule has 2 aliphatic rings. The van der Waals surface area contributed by atoms with Crippen molar-refractivity contribution in [3.05, 3.63) is 0 Å². The van der Waals surface area contributed by atoms with Gasteiger partial charge in [0.05, 0.1) is 5.92 Å². The molecule has 2 fully saturated rings. The third-order valence-electron chi connectivity index (χ3n) is 4.57. The smallest absolute Gasteiger partial charge is 0.410 e. The highest BCUT2D eigenvalue weighted by atomic mass is 16.6. The average molecular weight is 325 g/mol. The standard InChI is InChI=1S/C18H31NO4/c1-16(2,3)22-14(20)13-11-18(12-13)7-9-19(10-8-18)15(21)23-17(4,5)6/h13H,7-12H2,1-6H3. The largest absolute Gasteiger partial charge is 0.460 e. The van der Waals surface area contributed by atoms with Crippen molar-refractivity contribution in [2.75, 3.05) is 13.1 Å². The highest BCUT2D eigenvalue weighted by molar-refractivity contribution is 5.74. The summed E-state index contributed by atoms with van der Waals surface area (Å²) >= 11 is 0. The van der Waals surface area contributed by atoms with E-state index in [0.717, 1.165) is 38.8 Å². The third kappa shape index (κ3) is 4.85. The van der Waals surface area contributed by atoms with Crippen LogP contribution < -0.4 is 0 Å². The van der Waals surface area contributed by atoms with Crippen LogP contribution >= 0.6 is 0 Å². The Morgan fingerprint density at radius 3 is 1.83 bits per heavy atom. The monoisotopic (exact) mass is 325 g/mol. The molecular formula is C18H31NO4. The number of ether oxygens (including phenoxy) is 2. The number of hydrogen-bond donors (Lipinski definition) is 0. The maximum absolute atomic E-state index is 12.1. The van der Waals surface area contributed by atoms with Gasteiger partial charge in [-0.3, -0.25) is 4.79 Å². The fourth-order valence-electron chi connectivity index (χ4n) is 3.44. The lowest BCUT2D eigenvalue weighted by Crippen LogP contribution is -2.51. The molecule has 1 amide bonds. The van der Waals surface area contributed by atoms with Gasteiger partial charge in [-0.15, -0.1) is 0 Å². The molecular weight excluding hydrogens is 294 g/mol. The third-order valence-corrected chi connectivity index (χ3v) is 4.57. The minimum atomic E-state index is -0.454. The average Bonchev–Trinajstić information content (AvgIpc) is 2.31. The molecule has 1 aliphatic heterocycles. The van der Waals surface area contributed by atoms with Crippen molar-refractivity contribution >= 4 is 12.1 Å². The number of carbonyl (C=O) groups excluding carboxylic acids is 2. The Morgan fingerprint density at radius 2 is 1.39 bits per heavy atom. The van der Waals surface area contributed by atoms with Crippen LogP contribution in [0.3, 0.4) is 0 Å². The first kappa shape index (κ1) is 18.1. The summed E-state index contributed by atoms with van der Waals surface area (Å²) in [4.78, 5) is 26.0. The summed E-state index contributed by atoms with van der Waals surface area (Å²) in [5.74, 6) is -0.0417. The lowest BCUT2D eigenvalue weighted by Gasteiger charge is -2.51. The van der Waals surface area contributed by atoms with Crippen LogP contribution in [0.2, 0.25) is 0 Å². The lowest BCUT2D eigenvalue weighted by molar-refractivity contribution is -0.170. The Labute approximate surface area is 139 Å². The van der Waals surface area contributed by atoms with Crippen LogP contribution in [0, 0.1) is 11.3 Å². The Bertz CT molecular complexity index is 456. The van der Waals surface area contributed by atoms with Crippen molar-refractivity contribution in [2.45, 2.75) is 78.4 Å². The minimum Gasteiger partial charge on any atom is -0.460 e. The first-order valence-corrected chi connectivity index (χ1v) is 8.60. The van der Waals surface area contributed by atoms with Gasteiger partial charge in [0.25, 0.3) is 0 Å². The first-order valence-electron chi connectivity index (χ1n) is 8.60. The first-order chi connectivity index (χ1) is 10.4. The normalized spacial score (nSPS) is 21.7. The van der Waals surface area contributed by atoms with Crippen molar-refractivity contribution in [3.8, 4) is 0 Å². The van der Waals surface area contributed by atoms with E-state index in [-0.39, 0.29) is 23.4 Å². The molecule has 0 atom stereocenters. The van der Waals surface area contributed by atoms with Crippen LogP contribution in [0.1, 0.15) is 67.2 Å². The highest BCUT2D eigenvalue weighted by Crippen LogP contribution is 2.53. The van der Waals surface area contributed by atoms with E-state index in [2.05, 4.69) is 0 Å². The van der Waals surface area contributed by atoms with E-state index in [1.165, 1.54) is 0 Å². The Hall–Kier alpha value is -1.26. The van der Waals surface area contributed by atoms with Crippen molar-refractivity contribution in [1.29, 1.82) is 0 Å². The van der Waals surface area contributed by atoms with Gasteiger partial charge in [-0.2, -0.15) is 0 Å². The Balaban J connectivity index is 1.78. The van der Waals surface area contributed by atoms with E-state index in [1.54, 1.807) is 4.90 Å². The predicted molar refractivity (Wildman–Crippen MR) is 88.0 cm³/mol. The van der Waals surface area contributed by atoms with Crippen molar-refractivity contribution in [2.24, 2.45) is 11.3 Å². The molecule has 0 aromatic rings. The zero-order valence-electron chi connectivity index (χ0n) is 15.4. The molecule has 0 aromatic heterocycles. The molecule has 0 N–H and O–H groups in total. The molecule has 0 bridgehead atoms. The fourth-order valence-corrected chi connectivity index (χ4v) is 3.44. The molecule has 0 unspecified atom stereocenters. The van der Waals surface area contributed by atoms with Crippen LogP contribution in [-0.2, 0) is 14.3 Å². The van der Waals surface area contributed by atoms with Gasteiger partial charge in [-0.1, -0.05) is 0 Å². The number of amides is 1. The van der Waals surface area contributed by atoms with Gasteiger partial charge in [-0.25, -0.2) is 4.79 Å². The van der Waals surface area contributed by atoms with Crippen LogP contribution in [0.15, 0.2) is 0 Å². The van der Waals surface area contributed by atoms with Gasteiger partial charge in [0.1, 0.15) is 11.2 Å². The summed E-state index contributed by atoms with van der Waals surface area (Å²) in [7, 11) is 0. The minimum absolute atomic E-state index is 0.0299. The van der Waals surface area contributed by atoms with Crippen molar-refractivity contribution in [1.82, 2.24) is 4.90 Å². The molecule has 132 valence electrons. The summed E-state index contributed by atoms with van der Waals surface area (Å²) in [6, 6.07) is 0. The molecule has 23 heavy (non-hydrogen) atoms. The zero-order chi connectivity index (χ0) is 17.5. The molecule has 1 saturated heterocycles. The van der Waals surface area contributed by atoms with Gasteiger partial charge in [0, 0.05) is 13.1 Å². The van der Waals surface area contributed by atoms with E-state index in [1.807, 2.05) is 41.5 Å². The second-order valence-corrected chi connectivity index (χ2v) is 9.11. The number of likely N-dealkylation sites (tertiary alicyclic amines) is 1. The number of piperidine rings is 1. The van der Waals surface area contributed by atoms with Crippen LogP contribution in [0.5, 0.6) is 0 Å². The van der Waals surface area contributed by atoms with E-state index >= 15 is 0 Å². The van der Waals surface area contributed by atoms with Gasteiger partial charge in [0.2, 0.25) is 0 Å². The summed E-state index contributed by atoms with van der Waals surface area (Å²) in [6.07, 6.45) is 3.46.